The van der Waals surface area contributed by atoms with Gasteiger partial charge < -0.3 is 20.1 Å². The maximum atomic E-state index is 12.8. The fourth-order valence-corrected chi connectivity index (χ4v) is 4.93. The lowest BCUT2D eigenvalue weighted by Gasteiger charge is -2.35. The number of carbonyl (C=O) groups is 3. The van der Waals surface area contributed by atoms with Gasteiger partial charge in [-0.1, -0.05) is 54.6 Å². The number of rotatable bonds is 7. The van der Waals surface area contributed by atoms with Crippen LogP contribution in [0.25, 0.3) is 11.1 Å². The van der Waals surface area contributed by atoms with Gasteiger partial charge >= 0.3 is 12.1 Å². The highest BCUT2D eigenvalue weighted by molar-refractivity contribution is 5.93. The second kappa shape index (κ2) is 10.5. The quantitative estimate of drug-likeness (QED) is 0.597. The molecule has 0 bridgehead atoms. The van der Waals surface area contributed by atoms with E-state index in [2.05, 4.69) is 29.6 Å². The van der Waals surface area contributed by atoms with Crippen LogP contribution in [-0.2, 0) is 14.3 Å². The molecule has 2 aromatic rings. The Morgan fingerprint density at radius 3 is 2.35 bits per heavy atom. The zero-order valence-electron chi connectivity index (χ0n) is 19.3. The summed E-state index contributed by atoms with van der Waals surface area (Å²) in [5.41, 5.74) is 5.12. The fraction of sp³-hybridized carbons (Fsp3) is 0.370. The molecule has 1 atom stereocenters. The average Bonchev–Trinajstić information content (AvgIpc) is 3.16. The highest BCUT2D eigenvalue weighted by Crippen LogP contribution is 2.44. The summed E-state index contributed by atoms with van der Waals surface area (Å²) in [4.78, 5) is 37.9. The smallest absolute Gasteiger partial charge is 0.407 e. The monoisotopic (exact) mass is 462 g/mol. The van der Waals surface area contributed by atoms with Crippen molar-refractivity contribution in [2.75, 3.05) is 19.7 Å². The van der Waals surface area contributed by atoms with Crippen LogP contribution in [0.15, 0.2) is 60.2 Å². The van der Waals surface area contributed by atoms with E-state index in [0.717, 1.165) is 24.0 Å². The number of fused-ring (bicyclic) bond motifs is 3. The zero-order valence-corrected chi connectivity index (χ0v) is 19.3. The molecule has 0 aromatic heterocycles. The van der Waals surface area contributed by atoms with Crippen molar-refractivity contribution in [2.24, 2.45) is 0 Å². The Morgan fingerprint density at radius 2 is 1.71 bits per heavy atom. The second-order valence-corrected chi connectivity index (χ2v) is 8.84. The van der Waals surface area contributed by atoms with E-state index in [1.54, 1.807) is 17.9 Å². The standard InChI is InChI=1S/C27H30N2O5/c1-18(26(32)29-15-7-6-8-19(29)16-25(30)31)13-14-28-27(33)34-17-24-22-11-4-2-9-20(22)21-10-3-5-12-23(21)24/h2-5,9-13,19,24H,6-8,14-17H2,1H3,(H,28,33)(H,30,31)/b18-13+. The minimum atomic E-state index is -0.900. The van der Waals surface area contributed by atoms with E-state index in [4.69, 9.17) is 9.84 Å². The largest absolute Gasteiger partial charge is 0.481 e. The molecule has 0 spiro atoms. The molecule has 1 saturated heterocycles. The molecular formula is C27H30N2O5. The normalized spacial score (nSPS) is 17.6. The van der Waals surface area contributed by atoms with Gasteiger partial charge in [-0.15, -0.1) is 0 Å². The lowest BCUT2D eigenvalue weighted by Crippen LogP contribution is -2.45. The Kier molecular flexibility index (Phi) is 7.30. The van der Waals surface area contributed by atoms with E-state index in [-0.39, 0.29) is 37.4 Å². The molecule has 2 aromatic carbocycles. The first-order chi connectivity index (χ1) is 16.5. The van der Waals surface area contributed by atoms with Crippen molar-refractivity contribution >= 4 is 18.0 Å². The van der Waals surface area contributed by atoms with E-state index in [0.29, 0.717) is 18.5 Å². The first-order valence-corrected chi connectivity index (χ1v) is 11.7. The van der Waals surface area contributed by atoms with Crippen LogP contribution in [0, 0.1) is 0 Å². The van der Waals surface area contributed by atoms with E-state index in [1.165, 1.54) is 11.1 Å². The lowest BCUT2D eigenvalue weighted by molar-refractivity contribution is -0.140. The van der Waals surface area contributed by atoms with Gasteiger partial charge in [0.05, 0.1) is 6.42 Å². The molecule has 2 aliphatic rings. The number of carboxylic acids is 1. The van der Waals surface area contributed by atoms with Gasteiger partial charge in [0.2, 0.25) is 5.91 Å². The number of nitrogens with zero attached hydrogens (tertiary/aromatic N) is 1. The number of nitrogens with one attached hydrogen (secondary N) is 1. The molecular weight excluding hydrogens is 432 g/mol. The molecule has 0 radical (unpaired) electrons. The van der Waals surface area contributed by atoms with Crippen LogP contribution in [0.4, 0.5) is 4.79 Å². The first kappa shape index (κ1) is 23.5. The molecule has 1 fully saturated rings. The third-order valence-corrected chi connectivity index (χ3v) is 6.63. The number of carboxylic acid groups (broad SMARTS) is 1. The summed E-state index contributed by atoms with van der Waals surface area (Å²) in [5.74, 6) is -1.09. The molecule has 4 rings (SSSR count). The van der Waals surface area contributed by atoms with Gasteiger partial charge in [-0.25, -0.2) is 4.79 Å². The fourth-order valence-electron chi connectivity index (χ4n) is 4.93. The van der Waals surface area contributed by atoms with Crippen molar-refractivity contribution in [3.05, 3.63) is 71.3 Å². The number of likely N-dealkylation sites (tertiary alicyclic amines) is 1. The van der Waals surface area contributed by atoms with Gasteiger partial charge in [-0.05, 0) is 48.4 Å². The Bertz CT molecular complexity index is 1060. The average molecular weight is 463 g/mol. The van der Waals surface area contributed by atoms with Crippen LogP contribution in [0.1, 0.15) is 49.7 Å². The highest BCUT2D eigenvalue weighted by Gasteiger charge is 2.30. The summed E-state index contributed by atoms with van der Waals surface area (Å²) >= 11 is 0. The summed E-state index contributed by atoms with van der Waals surface area (Å²) in [6.07, 6.45) is 3.55. The first-order valence-electron chi connectivity index (χ1n) is 11.7. The van der Waals surface area contributed by atoms with Gasteiger partial charge in [0.25, 0.3) is 0 Å². The van der Waals surface area contributed by atoms with E-state index >= 15 is 0 Å². The van der Waals surface area contributed by atoms with Gasteiger partial charge in [-0.3, -0.25) is 9.59 Å². The minimum absolute atomic E-state index is 0.0118. The summed E-state index contributed by atoms with van der Waals surface area (Å²) in [6.45, 7) is 2.63. The molecule has 34 heavy (non-hydrogen) atoms. The molecule has 7 nitrogen and oxygen atoms in total. The maximum Gasteiger partial charge on any atom is 0.407 e. The van der Waals surface area contributed by atoms with Gasteiger partial charge in [0.1, 0.15) is 6.61 Å². The molecule has 2 N–H and O–H groups in total. The number of amides is 2. The van der Waals surface area contributed by atoms with Crippen LogP contribution in [0.5, 0.6) is 0 Å². The van der Waals surface area contributed by atoms with Crippen molar-refractivity contribution in [3.8, 4) is 11.1 Å². The summed E-state index contributed by atoms with van der Waals surface area (Å²) in [6, 6.07) is 16.0. The Labute approximate surface area is 199 Å². The van der Waals surface area contributed by atoms with Crippen molar-refractivity contribution in [1.82, 2.24) is 10.2 Å². The van der Waals surface area contributed by atoms with Crippen molar-refractivity contribution in [2.45, 2.75) is 44.6 Å². The number of aliphatic carboxylic acids is 1. The van der Waals surface area contributed by atoms with Gasteiger partial charge in [0.15, 0.2) is 0 Å². The minimum Gasteiger partial charge on any atom is -0.481 e. The van der Waals surface area contributed by atoms with Crippen LogP contribution < -0.4 is 5.32 Å². The van der Waals surface area contributed by atoms with E-state index < -0.39 is 12.1 Å². The van der Waals surface area contributed by atoms with Crippen LogP contribution in [-0.4, -0.2) is 53.7 Å². The van der Waals surface area contributed by atoms with Crippen molar-refractivity contribution in [1.29, 1.82) is 0 Å². The second-order valence-electron chi connectivity index (χ2n) is 8.84. The number of ether oxygens (including phenoxy) is 1. The molecule has 1 heterocycles. The highest BCUT2D eigenvalue weighted by atomic mass is 16.5. The molecule has 178 valence electrons. The number of carbonyl (C=O) groups excluding carboxylic acids is 2. The SMILES string of the molecule is C/C(=C\CNC(=O)OCC1c2ccccc2-c2ccccc21)C(=O)N1CCCCC1CC(=O)O. The van der Waals surface area contributed by atoms with Crippen LogP contribution >= 0.6 is 0 Å². The Morgan fingerprint density at radius 1 is 1.06 bits per heavy atom. The molecule has 0 saturated carbocycles. The molecule has 1 unspecified atom stereocenters. The Hall–Kier alpha value is -3.61. The number of benzene rings is 2. The third kappa shape index (κ3) is 5.14. The third-order valence-electron chi connectivity index (χ3n) is 6.63. The van der Waals surface area contributed by atoms with Gasteiger partial charge in [-0.2, -0.15) is 0 Å². The number of piperidine rings is 1. The Balaban J connectivity index is 1.30. The molecule has 1 aliphatic heterocycles. The topological polar surface area (TPSA) is 95.9 Å². The van der Waals surface area contributed by atoms with Crippen molar-refractivity contribution in [3.63, 3.8) is 0 Å². The van der Waals surface area contributed by atoms with Crippen LogP contribution in [0.3, 0.4) is 0 Å². The predicted octanol–water partition coefficient (Wildman–Crippen LogP) is 4.33. The summed E-state index contributed by atoms with van der Waals surface area (Å²) < 4.78 is 5.52. The van der Waals surface area contributed by atoms with E-state index in [9.17, 15) is 14.4 Å². The van der Waals surface area contributed by atoms with Crippen LogP contribution in [0.2, 0.25) is 0 Å². The molecule has 2 amide bonds. The molecule has 7 heteroatoms. The predicted molar refractivity (Wildman–Crippen MR) is 128 cm³/mol. The summed E-state index contributed by atoms with van der Waals surface area (Å²) in [7, 11) is 0. The zero-order chi connectivity index (χ0) is 24.1. The number of hydrogen-bond acceptors (Lipinski definition) is 4. The number of alkyl carbamates (subject to hydrolysis) is 1. The summed E-state index contributed by atoms with van der Waals surface area (Å²) in [5, 5.41) is 11.8. The lowest BCUT2D eigenvalue weighted by atomic mass is 9.98. The molecule has 1 aliphatic carbocycles. The number of hydrogen-bond donors (Lipinski definition) is 2. The van der Waals surface area contributed by atoms with Crippen molar-refractivity contribution < 1.29 is 24.2 Å². The van der Waals surface area contributed by atoms with Gasteiger partial charge in [0, 0.05) is 30.6 Å². The van der Waals surface area contributed by atoms with E-state index in [1.807, 2.05) is 24.3 Å². The maximum absolute atomic E-state index is 12.8.